The zero-order chi connectivity index (χ0) is 8.72. The van der Waals surface area contributed by atoms with Gasteiger partial charge in [0.15, 0.2) is 0 Å². The van der Waals surface area contributed by atoms with Crippen molar-refractivity contribution in [3.05, 3.63) is 10.4 Å². The Morgan fingerprint density at radius 3 is 2.58 bits per heavy atom. The molecule has 0 spiro atoms. The third-order valence-electron chi connectivity index (χ3n) is 2.52. The lowest BCUT2D eigenvalue weighted by molar-refractivity contribution is -0.234. The van der Waals surface area contributed by atoms with Crippen LogP contribution in [-0.4, -0.2) is 28.6 Å². The molecule has 1 aliphatic heterocycles. The van der Waals surface area contributed by atoms with E-state index >= 15 is 0 Å². The van der Waals surface area contributed by atoms with E-state index in [-0.39, 0.29) is 18.1 Å². The zero-order valence-electron chi connectivity index (χ0n) is 6.55. The van der Waals surface area contributed by atoms with Crippen molar-refractivity contribution in [3.63, 3.8) is 0 Å². The number of hydrogen-bond acceptors (Lipinski definition) is 6. The van der Waals surface area contributed by atoms with E-state index in [1.807, 2.05) is 0 Å². The summed E-state index contributed by atoms with van der Waals surface area (Å²) in [6.07, 6.45) is 1.98. The summed E-state index contributed by atoms with van der Waals surface area (Å²) in [7, 11) is 0. The molecule has 3 atom stereocenters. The highest BCUT2D eigenvalue weighted by atomic mass is 17.1. The molecule has 6 heteroatoms. The number of hydroxylamine groups is 4. The van der Waals surface area contributed by atoms with Crippen LogP contribution in [0.2, 0.25) is 0 Å². The van der Waals surface area contributed by atoms with Crippen molar-refractivity contribution in [2.45, 2.75) is 37.4 Å². The maximum atomic E-state index is 11.0. The summed E-state index contributed by atoms with van der Waals surface area (Å²) in [6, 6.07) is -0.661. The fourth-order valence-corrected chi connectivity index (χ4v) is 1.84. The Kier molecular flexibility index (Phi) is 2.03. The first kappa shape index (κ1) is 8.36. The van der Waals surface area contributed by atoms with Crippen LogP contribution in [0.1, 0.15) is 19.3 Å². The third kappa shape index (κ3) is 1.22. The second-order valence-corrected chi connectivity index (χ2v) is 3.36. The third-order valence-corrected chi connectivity index (χ3v) is 2.52. The molecule has 70 valence electrons. The van der Waals surface area contributed by atoms with Crippen LogP contribution in [0.15, 0.2) is 0 Å². The molecule has 0 bridgehead atoms. The zero-order valence-corrected chi connectivity index (χ0v) is 6.55. The SMILES string of the molecule is NC1CCC2C(C1)N([O-])ON2[O-]. The van der Waals surface area contributed by atoms with Gasteiger partial charge in [-0.1, -0.05) is 0 Å². The average Bonchev–Trinajstić information content (AvgIpc) is 2.28. The van der Waals surface area contributed by atoms with Gasteiger partial charge in [0, 0.05) is 18.1 Å². The first-order valence-electron chi connectivity index (χ1n) is 4.05. The molecule has 1 saturated heterocycles. The number of hydrogen-bond donors (Lipinski definition) is 1. The van der Waals surface area contributed by atoms with Crippen molar-refractivity contribution < 1.29 is 4.94 Å². The Balaban J connectivity index is 2.07. The van der Waals surface area contributed by atoms with Gasteiger partial charge >= 0.3 is 0 Å². The Morgan fingerprint density at radius 2 is 1.83 bits per heavy atom. The Morgan fingerprint density at radius 1 is 1.17 bits per heavy atom. The largest absolute Gasteiger partial charge is 0.760 e. The van der Waals surface area contributed by atoms with Crippen LogP contribution in [0.25, 0.3) is 0 Å². The smallest absolute Gasteiger partial charge is 0.0421 e. The standard InChI is InChI=1S/C6H11N3O3/c7-4-1-2-5-6(3-4)9(11)12-8(5)10/h4-6H,1-3,7H2/q-2. The molecule has 1 heterocycles. The molecule has 0 radical (unpaired) electrons. The van der Waals surface area contributed by atoms with Crippen LogP contribution in [0.4, 0.5) is 0 Å². The fourth-order valence-electron chi connectivity index (χ4n) is 1.84. The molecule has 0 amide bonds. The molecule has 0 aromatic rings. The lowest BCUT2D eigenvalue weighted by Crippen LogP contribution is -2.44. The van der Waals surface area contributed by atoms with Crippen molar-refractivity contribution in [2.24, 2.45) is 5.73 Å². The van der Waals surface area contributed by atoms with E-state index in [0.29, 0.717) is 23.3 Å². The number of fused-ring (bicyclic) bond motifs is 1. The van der Waals surface area contributed by atoms with Crippen LogP contribution in [-0.2, 0) is 4.94 Å². The summed E-state index contributed by atoms with van der Waals surface area (Å²) in [5.41, 5.74) is 5.66. The van der Waals surface area contributed by atoms with Gasteiger partial charge in [-0.05, 0) is 19.3 Å². The monoisotopic (exact) mass is 173 g/mol. The van der Waals surface area contributed by atoms with E-state index < -0.39 is 0 Å². The molecule has 1 aliphatic carbocycles. The highest BCUT2D eigenvalue weighted by Crippen LogP contribution is 2.31. The van der Waals surface area contributed by atoms with Gasteiger partial charge in [-0.2, -0.15) is 0 Å². The molecule has 0 aromatic heterocycles. The van der Waals surface area contributed by atoms with Gasteiger partial charge in [-0.15, -0.1) is 0 Å². The van der Waals surface area contributed by atoms with E-state index in [2.05, 4.69) is 4.94 Å². The normalized spacial score (nSPS) is 44.8. The van der Waals surface area contributed by atoms with Gasteiger partial charge in [0.1, 0.15) is 0 Å². The Bertz CT molecular complexity index is 179. The van der Waals surface area contributed by atoms with E-state index in [0.717, 1.165) is 6.42 Å². The van der Waals surface area contributed by atoms with E-state index in [4.69, 9.17) is 5.73 Å². The van der Waals surface area contributed by atoms with Crippen LogP contribution in [0.3, 0.4) is 0 Å². The van der Waals surface area contributed by atoms with Crippen LogP contribution in [0, 0.1) is 10.4 Å². The maximum Gasteiger partial charge on any atom is 0.0421 e. The summed E-state index contributed by atoms with van der Waals surface area (Å²) >= 11 is 0. The van der Waals surface area contributed by atoms with Crippen molar-refractivity contribution in [1.29, 1.82) is 0 Å². The van der Waals surface area contributed by atoms with Crippen molar-refractivity contribution in [3.8, 4) is 0 Å². The van der Waals surface area contributed by atoms with E-state index in [1.165, 1.54) is 0 Å². The summed E-state index contributed by atoms with van der Waals surface area (Å²) in [4.78, 5) is 4.36. The first-order valence-corrected chi connectivity index (χ1v) is 4.05. The predicted molar refractivity (Wildman–Crippen MR) is 40.9 cm³/mol. The molecule has 2 rings (SSSR count). The van der Waals surface area contributed by atoms with Gasteiger partial charge in [-0.3, -0.25) is 0 Å². The fraction of sp³-hybridized carbons (Fsp3) is 1.00. The summed E-state index contributed by atoms with van der Waals surface area (Å²) in [6.45, 7) is 0. The minimum absolute atomic E-state index is 0.0257. The molecule has 3 unspecified atom stereocenters. The Labute approximate surface area is 69.9 Å². The molecule has 2 fully saturated rings. The van der Waals surface area contributed by atoms with Crippen molar-refractivity contribution >= 4 is 0 Å². The first-order chi connectivity index (χ1) is 5.68. The van der Waals surface area contributed by atoms with Crippen LogP contribution >= 0.6 is 0 Å². The molecular weight excluding hydrogens is 162 g/mol. The molecule has 12 heavy (non-hydrogen) atoms. The molecule has 2 N–H and O–H groups in total. The topological polar surface area (TPSA) is 87.8 Å². The minimum Gasteiger partial charge on any atom is -0.760 e. The van der Waals surface area contributed by atoms with Gasteiger partial charge in [0.05, 0.1) is 0 Å². The van der Waals surface area contributed by atoms with E-state index in [9.17, 15) is 10.4 Å². The van der Waals surface area contributed by atoms with Crippen molar-refractivity contribution in [1.82, 2.24) is 10.5 Å². The van der Waals surface area contributed by atoms with Crippen LogP contribution in [0.5, 0.6) is 0 Å². The summed E-state index contributed by atoms with van der Waals surface area (Å²) in [5.74, 6) is 0. The second-order valence-electron chi connectivity index (χ2n) is 3.36. The number of nitrogens with zero attached hydrogens (tertiary/aromatic N) is 2. The average molecular weight is 173 g/mol. The maximum absolute atomic E-state index is 11.0. The van der Waals surface area contributed by atoms with Gasteiger partial charge in [-0.25, -0.2) is 15.4 Å². The summed E-state index contributed by atoms with van der Waals surface area (Å²) in [5, 5.41) is 22.7. The highest BCUT2D eigenvalue weighted by Gasteiger charge is 2.37. The van der Waals surface area contributed by atoms with E-state index in [1.54, 1.807) is 0 Å². The molecule has 2 aliphatic rings. The molecular formula is C6H11N3O3-2. The second kappa shape index (κ2) is 2.91. The van der Waals surface area contributed by atoms with Gasteiger partial charge < -0.3 is 16.1 Å². The quantitative estimate of drug-likeness (QED) is 0.540. The highest BCUT2D eigenvalue weighted by molar-refractivity contribution is 4.93. The predicted octanol–water partition coefficient (Wildman–Crippen LogP) is -0.305. The Hall–Kier alpha value is -0.240. The van der Waals surface area contributed by atoms with Gasteiger partial charge in [0.25, 0.3) is 0 Å². The molecule has 0 aromatic carbocycles. The summed E-state index contributed by atoms with van der Waals surface area (Å²) < 4.78 is 0. The number of rotatable bonds is 0. The van der Waals surface area contributed by atoms with Crippen LogP contribution < -0.4 is 5.73 Å². The minimum atomic E-state index is -0.369. The molecule has 6 nitrogen and oxygen atoms in total. The molecule has 1 saturated carbocycles. The lowest BCUT2D eigenvalue weighted by Gasteiger charge is -2.35. The lowest BCUT2D eigenvalue weighted by atomic mass is 9.88. The van der Waals surface area contributed by atoms with Gasteiger partial charge in [0.2, 0.25) is 0 Å². The van der Waals surface area contributed by atoms with Crippen molar-refractivity contribution in [2.75, 3.05) is 0 Å². The number of nitrogens with two attached hydrogens (primary N) is 1.